The van der Waals surface area contributed by atoms with Crippen molar-refractivity contribution in [2.75, 3.05) is 49.8 Å². The van der Waals surface area contributed by atoms with Gasteiger partial charge in [-0.05, 0) is 43.7 Å². The monoisotopic (exact) mass is 599 g/mol. The maximum atomic E-state index is 15.6. The summed E-state index contributed by atoms with van der Waals surface area (Å²) < 4.78 is 53.3. The van der Waals surface area contributed by atoms with Crippen molar-refractivity contribution in [3.05, 3.63) is 42.0 Å². The summed E-state index contributed by atoms with van der Waals surface area (Å²) in [5.74, 6) is 0.00685. The molecule has 3 heterocycles. The van der Waals surface area contributed by atoms with Crippen LogP contribution in [0.3, 0.4) is 0 Å². The van der Waals surface area contributed by atoms with Crippen LogP contribution in [0.4, 0.5) is 15.8 Å². The lowest BCUT2D eigenvalue weighted by atomic mass is 9.57. The summed E-state index contributed by atoms with van der Waals surface area (Å²) >= 11 is 0. The van der Waals surface area contributed by atoms with Gasteiger partial charge in [0.2, 0.25) is 21.8 Å². The molecule has 0 unspecified atom stereocenters. The molecular weight excluding hydrogens is 561 g/mol. The molecule has 1 spiro atoms. The number of hydrogen-bond donors (Lipinski definition) is 2. The van der Waals surface area contributed by atoms with E-state index in [1.807, 2.05) is 13.8 Å². The number of nitrogens with zero attached hydrogens (tertiary/aromatic N) is 3. The van der Waals surface area contributed by atoms with Crippen LogP contribution in [0.15, 0.2) is 30.6 Å². The number of halogens is 1. The number of anilines is 2. The van der Waals surface area contributed by atoms with Crippen molar-refractivity contribution in [3.63, 3.8) is 0 Å². The molecule has 1 saturated carbocycles. The van der Waals surface area contributed by atoms with Gasteiger partial charge in [-0.3, -0.25) is 14.5 Å². The lowest BCUT2D eigenvalue weighted by Gasteiger charge is -2.44. The summed E-state index contributed by atoms with van der Waals surface area (Å²) in [4.78, 5) is 24.1. The maximum Gasteiger partial charge on any atom is 0.238 e. The second kappa shape index (κ2) is 11.7. The zero-order valence-electron chi connectivity index (χ0n) is 24.7. The van der Waals surface area contributed by atoms with Gasteiger partial charge < -0.3 is 19.7 Å². The predicted molar refractivity (Wildman–Crippen MR) is 161 cm³/mol. The zero-order valence-corrected chi connectivity index (χ0v) is 25.5. The first kappa shape index (κ1) is 30.1. The summed E-state index contributed by atoms with van der Waals surface area (Å²) in [5.41, 5.74) is 2.11. The Balaban J connectivity index is 1.54. The number of nitrogens with one attached hydrogen (secondary N) is 2. The van der Waals surface area contributed by atoms with E-state index in [1.165, 1.54) is 18.3 Å². The van der Waals surface area contributed by atoms with Crippen LogP contribution in [0.2, 0.25) is 0 Å². The van der Waals surface area contributed by atoms with Crippen LogP contribution in [0, 0.1) is 11.7 Å². The Morgan fingerprint density at radius 2 is 1.93 bits per heavy atom. The highest BCUT2D eigenvalue weighted by atomic mass is 32.2. The number of likely N-dealkylation sites (N-methyl/N-ethyl adjacent to an activating group) is 1. The Hall–Kier alpha value is -3.35. The number of carbonyl (C=O) groups is 1. The van der Waals surface area contributed by atoms with E-state index in [-0.39, 0.29) is 35.7 Å². The van der Waals surface area contributed by atoms with E-state index in [9.17, 15) is 13.2 Å². The Labute approximate surface area is 246 Å². The molecule has 0 saturated heterocycles. The summed E-state index contributed by atoms with van der Waals surface area (Å²) in [7, 11) is -0.228. The van der Waals surface area contributed by atoms with Crippen LogP contribution in [0.5, 0.6) is 5.88 Å². The second-order valence-electron chi connectivity index (χ2n) is 11.6. The molecule has 1 aliphatic heterocycles. The Morgan fingerprint density at radius 1 is 1.17 bits per heavy atom. The minimum absolute atomic E-state index is 0.0374. The van der Waals surface area contributed by atoms with Crippen LogP contribution < -0.4 is 19.7 Å². The first-order valence-electron chi connectivity index (χ1n) is 14.2. The van der Waals surface area contributed by atoms with Gasteiger partial charge in [0.25, 0.3) is 0 Å². The van der Waals surface area contributed by atoms with E-state index in [2.05, 4.69) is 20.0 Å². The van der Waals surface area contributed by atoms with E-state index in [4.69, 9.17) is 9.47 Å². The van der Waals surface area contributed by atoms with Gasteiger partial charge in [-0.25, -0.2) is 17.8 Å². The number of pyridine rings is 2. The number of methoxy groups -OCH3 is 1. The molecule has 1 amide bonds. The molecule has 1 fully saturated rings. The van der Waals surface area contributed by atoms with Crippen molar-refractivity contribution in [3.8, 4) is 17.0 Å². The van der Waals surface area contributed by atoms with Crippen molar-refractivity contribution in [1.82, 2.24) is 15.3 Å². The van der Waals surface area contributed by atoms with Crippen LogP contribution in [-0.4, -0.2) is 70.5 Å². The van der Waals surface area contributed by atoms with Crippen molar-refractivity contribution >= 4 is 38.2 Å². The topological polar surface area (TPSA) is 123 Å². The highest BCUT2D eigenvalue weighted by molar-refractivity contribution is 7.92. The molecule has 5 rings (SSSR count). The molecule has 1 aliphatic carbocycles. The average molecular weight is 600 g/mol. The fraction of sp³-hybridized carbons (Fsp3) is 0.500. The van der Waals surface area contributed by atoms with E-state index in [0.29, 0.717) is 35.5 Å². The van der Waals surface area contributed by atoms with Gasteiger partial charge in [-0.1, -0.05) is 13.8 Å². The molecule has 2 aliphatic rings. The van der Waals surface area contributed by atoms with Crippen LogP contribution in [-0.2, 0) is 25.0 Å². The number of rotatable bonds is 12. The van der Waals surface area contributed by atoms with E-state index >= 15 is 4.39 Å². The van der Waals surface area contributed by atoms with Crippen molar-refractivity contribution < 1.29 is 27.1 Å². The number of hydrogen-bond acceptors (Lipinski definition) is 8. The Bertz CT molecular complexity index is 1610. The molecule has 10 nitrogen and oxygen atoms in total. The minimum atomic E-state index is -3.67. The molecule has 2 aromatic heterocycles. The fourth-order valence-corrected chi connectivity index (χ4v) is 6.77. The third-order valence-electron chi connectivity index (χ3n) is 8.08. The highest BCUT2D eigenvalue weighted by Crippen LogP contribution is 2.58. The normalized spacial score (nSPS) is 19.9. The van der Waals surface area contributed by atoms with Gasteiger partial charge in [0.15, 0.2) is 0 Å². The van der Waals surface area contributed by atoms with Crippen LogP contribution in [0.1, 0.15) is 45.1 Å². The number of carbonyl (C=O) groups excluding carboxylic acids is 1. The van der Waals surface area contributed by atoms with Gasteiger partial charge in [-0.2, -0.15) is 0 Å². The third-order valence-corrected chi connectivity index (χ3v) is 8.67. The smallest absolute Gasteiger partial charge is 0.238 e. The lowest BCUT2D eigenvalue weighted by molar-refractivity contribution is -0.127. The van der Waals surface area contributed by atoms with Gasteiger partial charge in [0, 0.05) is 67.7 Å². The quantitative estimate of drug-likeness (QED) is 0.297. The molecule has 12 heteroatoms. The molecule has 226 valence electrons. The molecule has 1 aromatic carbocycles. The largest absolute Gasteiger partial charge is 0.475 e. The zero-order chi connectivity index (χ0) is 30.2. The fourth-order valence-electron chi connectivity index (χ4n) is 6.23. The number of aromatic nitrogens is 2. The molecular formula is C30H38FN5O5S. The molecule has 0 radical (unpaired) electrons. The van der Waals surface area contributed by atoms with E-state index < -0.39 is 21.3 Å². The van der Waals surface area contributed by atoms with E-state index in [0.717, 1.165) is 43.2 Å². The highest BCUT2D eigenvalue weighted by Gasteiger charge is 2.58. The van der Waals surface area contributed by atoms with Crippen molar-refractivity contribution in [1.29, 1.82) is 0 Å². The number of benzene rings is 1. The molecule has 0 atom stereocenters. The Kier molecular flexibility index (Phi) is 8.41. The van der Waals surface area contributed by atoms with Gasteiger partial charge >= 0.3 is 0 Å². The van der Waals surface area contributed by atoms with Crippen LogP contribution >= 0.6 is 0 Å². The Morgan fingerprint density at radius 3 is 2.62 bits per heavy atom. The SMILES string of the molecule is COCCCC1CC2(C1)C(=O)N(C)c1cnc3cc(F)c(-c4cnc(OCCNC(C)C)c(NS(C)(=O)=O)c4)cc3c12. The molecule has 2 N–H and O–H groups in total. The van der Waals surface area contributed by atoms with Crippen LogP contribution in [0.25, 0.3) is 22.0 Å². The standard InChI is InChI=1S/C30H38FN5O5S/c1-18(2)32-8-10-41-28-25(35-42(5,38)39)11-20(16-34-28)21-12-22-24(13-23(21)31)33-17-26-27(22)30(29(37)36(26)3)14-19(15-30)7-6-9-40-4/h11-13,16-19,32,35H,6-10,14-15H2,1-5H3. The van der Waals surface area contributed by atoms with Gasteiger partial charge in [-0.15, -0.1) is 0 Å². The first-order valence-corrected chi connectivity index (χ1v) is 16.1. The van der Waals surface area contributed by atoms with Gasteiger partial charge in [0.1, 0.15) is 18.1 Å². The predicted octanol–water partition coefficient (Wildman–Crippen LogP) is 4.24. The first-order chi connectivity index (χ1) is 19.9. The molecule has 0 bridgehead atoms. The molecule has 3 aromatic rings. The summed E-state index contributed by atoms with van der Waals surface area (Å²) in [6.45, 7) is 5.51. The number of fused-ring (bicyclic) bond motifs is 4. The lowest BCUT2D eigenvalue weighted by Crippen LogP contribution is -2.48. The van der Waals surface area contributed by atoms with Gasteiger partial charge in [0.05, 0.1) is 29.1 Å². The summed E-state index contributed by atoms with van der Waals surface area (Å²) in [6, 6.07) is 4.85. The third kappa shape index (κ3) is 5.80. The maximum absolute atomic E-state index is 15.6. The summed E-state index contributed by atoms with van der Waals surface area (Å²) in [5, 5.41) is 3.93. The van der Waals surface area contributed by atoms with Crippen molar-refractivity contribution in [2.45, 2.75) is 51.0 Å². The summed E-state index contributed by atoms with van der Waals surface area (Å²) in [6.07, 6.45) is 7.50. The molecule has 42 heavy (non-hydrogen) atoms. The minimum Gasteiger partial charge on any atom is -0.475 e. The second-order valence-corrected chi connectivity index (χ2v) is 13.4. The number of amides is 1. The average Bonchev–Trinajstić information content (AvgIpc) is 3.12. The number of ether oxygens (including phenoxy) is 2. The number of sulfonamides is 1. The van der Waals surface area contributed by atoms with Crippen molar-refractivity contribution in [2.24, 2.45) is 5.92 Å². The van der Waals surface area contributed by atoms with E-state index in [1.54, 1.807) is 31.3 Å².